The van der Waals surface area contributed by atoms with Crippen LogP contribution in [0.2, 0.25) is 0 Å². The number of hydrogen-bond donors (Lipinski definition) is 0. The summed E-state index contributed by atoms with van der Waals surface area (Å²) in [5, 5.41) is 10.0. The summed E-state index contributed by atoms with van der Waals surface area (Å²) in [6, 6.07) is 9.80. The van der Waals surface area contributed by atoms with Crippen molar-refractivity contribution in [3.8, 4) is 6.07 Å². The van der Waals surface area contributed by atoms with E-state index in [1.807, 2.05) is 24.3 Å². The first kappa shape index (κ1) is 12.0. The highest BCUT2D eigenvalue weighted by Gasteiger charge is 2.24. The van der Waals surface area contributed by atoms with Crippen LogP contribution < -0.4 is 0 Å². The van der Waals surface area contributed by atoms with E-state index < -0.39 is 0 Å². The molecule has 1 fully saturated rings. The average Bonchev–Trinajstić information content (AvgIpc) is 2.86. The van der Waals surface area contributed by atoms with E-state index in [0.29, 0.717) is 5.56 Å². The molecule has 0 N–H and O–H groups in total. The molecule has 0 radical (unpaired) electrons. The number of carbonyl (C=O) groups excluding carboxylic acids is 1. The van der Waals surface area contributed by atoms with Gasteiger partial charge in [0.1, 0.15) is 6.07 Å². The van der Waals surface area contributed by atoms with Crippen molar-refractivity contribution in [3.63, 3.8) is 0 Å². The van der Waals surface area contributed by atoms with Crippen LogP contribution >= 0.6 is 0 Å². The van der Waals surface area contributed by atoms with Gasteiger partial charge in [-0.3, -0.25) is 9.36 Å². The van der Waals surface area contributed by atoms with Gasteiger partial charge < -0.3 is 0 Å². The third kappa shape index (κ3) is 2.04. The third-order valence-corrected chi connectivity index (χ3v) is 4.02. The fourth-order valence-corrected chi connectivity index (χ4v) is 3.00. The van der Waals surface area contributed by atoms with E-state index in [0.717, 1.165) is 36.6 Å². The molecule has 1 aromatic carbocycles. The van der Waals surface area contributed by atoms with Crippen LogP contribution in [-0.4, -0.2) is 10.5 Å². The van der Waals surface area contributed by atoms with Gasteiger partial charge in [-0.25, -0.2) is 0 Å². The highest BCUT2D eigenvalue weighted by molar-refractivity contribution is 5.96. The quantitative estimate of drug-likeness (QED) is 0.776. The summed E-state index contributed by atoms with van der Waals surface area (Å²) in [6.45, 7) is 0. The summed E-state index contributed by atoms with van der Waals surface area (Å²) in [6.07, 6.45) is 7.17. The molecule has 0 spiro atoms. The van der Waals surface area contributed by atoms with E-state index in [9.17, 15) is 4.79 Å². The van der Waals surface area contributed by atoms with Crippen LogP contribution in [0.1, 0.15) is 42.5 Å². The Balaban J connectivity index is 2.05. The van der Waals surface area contributed by atoms with Gasteiger partial charge in [-0.05, 0) is 18.9 Å². The number of para-hydroxylation sites is 1. The zero-order valence-corrected chi connectivity index (χ0v) is 10.8. The number of fused-ring (bicyclic) bond motifs is 1. The number of nitrogens with zero attached hydrogens (tertiary/aromatic N) is 2. The second-order valence-electron chi connectivity index (χ2n) is 5.21. The monoisotopic (exact) mass is 252 g/mol. The number of rotatable bonds is 1. The molecule has 1 aliphatic rings. The van der Waals surface area contributed by atoms with Gasteiger partial charge in [-0.1, -0.05) is 37.5 Å². The highest BCUT2D eigenvalue weighted by Crippen LogP contribution is 2.28. The Bertz CT molecular complexity index is 657. The lowest BCUT2D eigenvalue weighted by molar-refractivity contribution is 0.0807. The van der Waals surface area contributed by atoms with E-state index in [-0.39, 0.29) is 11.8 Å². The van der Waals surface area contributed by atoms with Crippen molar-refractivity contribution in [2.45, 2.75) is 32.1 Å². The van der Waals surface area contributed by atoms with Gasteiger partial charge >= 0.3 is 0 Å². The number of carbonyl (C=O) groups is 1. The van der Waals surface area contributed by atoms with Crippen LogP contribution in [-0.2, 0) is 0 Å². The largest absolute Gasteiger partial charge is 0.286 e. The number of aromatic nitrogens is 1. The molecule has 1 aliphatic carbocycles. The van der Waals surface area contributed by atoms with Gasteiger partial charge in [0, 0.05) is 17.5 Å². The molecule has 0 bridgehead atoms. The van der Waals surface area contributed by atoms with Crippen LogP contribution in [0.15, 0.2) is 30.5 Å². The zero-order valence-electron chi connectivity index (χ0n) is 10.8. The lowest BCUT2D eigenvalue weighted by Gasteiger charge is -2.20. The minimum Gasteiger partial charge on any atom is -0.286 e. The summed E-state index contributed by atoms with van der Waals surface area (Å²) < 4.78 is 1.68. The Labute approximate surface area is 112 Å². The average molecular weight is 252 g/mol. The van der Waals surface area contributed by atoms with Gasteiger partial charge in [0.15, 0.2) is 0 Å². The van der Waals surface area contributed by atoms with Crippen LogP contribution in [0.4, 0.5) is 0 Å². The van der Waals surface area contributed by atoms with Crippen molar-refractivity contribution in [1.29, 1.82) is 5.26 Å². The van der Waals surface area contributed by atoms with Crippen LogP contribution in [0.25, 0.3) is 10.9 Å². The molecule has 1 saturated carbocycles. The Morgan fingerprint density at radius 1 is 1.21 bits per heavy atom. The minimum atomic E-state index is 0.121. The smallest absolute Gasteiger partial charge is 0.234 e. The second-order valence-corrected chi connectivity index (χ2v) is 5.21. The fourth-order valence-electron chi connectivity index (χ4n) is 3.00. The van der Waals surface area contributed by atoms with Gasteiger partial charge in [0.2, 0.25) is 5.91 Å². The Hall–Kier alpha value is -2.08. The predicted molar refractivity (Wildman–Crippen MR) is 73.9 cm³/mol. The molecule has 0 amide bonds. The summed E-state index contributed by atoms with van der Waals surface area (Å²) in [4.78, 5) is 12.6. The lowest BCUT2D eigenvalue weighted by Crippen LogP contribution is -2.23. The molecule has 0 aliphatic heterocycles. The summed E-state index contributed by atoms with van der Waals surface area (Å²) in [5.74, 6) is 0.272. The predicted octanol–water partition coefficient (Wildman–Crippen LogP) is 3.73. The first-order valence-electron chi connectivity index (χ1n) is 6.85. The summed E-state index contributed by atoms with van der Waals surface area (Å²) in [5.41, 5.74) is 1.44. The van der Waals surface area contributed by atoms with Crippen molar-refractivity contribution in [2.24, 2.45) is 5.92 Å². The van der Waals surface area contributed by atoms with E-state index in [1.54, 1.807) is 10.8 Å². The molecule has 3 rings (SSSR count). The van der Waals surface area contributed by atoms with Crippen LogP contribution in [0.3, 0.4) is 0 Å². The SMILES string of the molecule is N#Cc1cn(C(=O)C2CCCCC2)c2ccccc12. The number of benzene rings is 1. The maximum absolute atomic E-state index is 12.6. The van der Waals surface area contributed by atoms with Crippen molar-refractivity contribution < 1.29 is 4.79 Å². The lowest BCUT2D eigenvalue weighted by atomic mass is 9.88. The minimum absolute atomic E-state index is 0.121. The Morgan fingerprint density at radius 2 is 1.95 bits per heavy atom. The van der Waals surface area contributed by atoms with Crippen molar-refractivity contribution in [3.05, 3.63) is 36.0 Å². The highest BCUT2D eigenvalue weighted by atomic mass is 16.2. The van der Waals surface area contributed by atoms with E-state index in [2.05, 4.69) is 6.07 Å². The van der Waals surface area contributed by atoms with Gasteiger partial charge in [0.05, 0.1) is 11.1 Å². The normalized spacial score (nSPS) is 16.4. The molecule has 0 saturated heterocycles. The maximum Gasteiger partial charge on any atom is 0.234 e. The van der Waals surface area contributed by atoms with Crippen LogP contribution in [0, 0.1) is 17.2 Å². The zero-order chi connectivity index (χ0) is 13.2. The molecule has 1 aromatic heterocycles. The first-order valence-corrected chi connectivity index (χ1v) is 6.85. The fraction of sp³-hybridized carbons (Fsp3) is 0.375. The second kappa shape index (κ2) is 4.89. The standard InChI is InChI=1S/C16H16N2O/c17-10-13-11-18(15-9-5-4-8-14(13)15)16(19)12-6-2-1-3-7-12/h4-5,8-9,11-12H,1-3,6-7H2. The number of hydrogen-bond acceptors (Lipinski definition) is 2. The van der Waals surface area contributed by atoms with Crippen molar-refractivity contribution >= 4 is 16.8 Å². The first-order chi connectivity index (χ1) is 9.31. The molecule has 0 unspecified atom stereocenters. The Kier molecular flexibility index (Phi) is 3.08. The molecule has 3 heteroatoms. The molecule has 19 heavy (non-hydrogen) atoms. The molecule has 96 valence electrons. The molecule has 2 aromatic rings. The third-order valence-electron chi connectivity index (χ3n) is 4.02. The van der Waals surface area contributed by atoms with Gasteiger partial charge in [-0.15, -0.1) is 0 Å². The molecule has 1 heterocycles. The number of nitriles is 1. The van der Waals surface area contributed by atoms with Crippen LogP contribution in [0.5, 0.6) is 0 Å². The van der Waals surface area contributed by atoms with E-state index in [1.165, 1.54) is 6.42 Å². The van der Waals surface area contributed by atoms with E-state index >= 15 is 0 Å². The molecule has 3 nitrogen and oxygen atoms in total. The Morgan fingerprint density at radius 3 is 2.68 bits per heavy atom. The van der Waals surface area contributed by atoms with Gasteiger partial charge in [0.25, 0.3) is 0 Å². The topological polar surface area (TPSA) is 45.8 Å². The summed E-state index contributed by atoms with van der Waals surface area (Å²) in [7, 11) is 0. The van der Waals surface area contributed by atoms with Gasteiger partial charge in [-0.2, -0.15) is 5.26 Å². The van der Waals surface area contributed by atoms with E-state index in [4.69, 9.17) is 5.26 Å². The van der Waals surface area contributed by atoms with Crippen molar-refractivity contribution in [1.82, 2.24) is 4.57 Å². The molecule has 0 atom stereocenters. The summed E-state index contributed by atoms with van der Waals surface area (Å²) >= 11 is 0. The van der Waals surface area contributed by atoms with Crippen molar-refractivity contribution in [2.75, 3.05) is 0 Å². The maximum atomic E-state index is 12.6. The molecular weight excluding hydrogens is 236 g/mol. The molecular formula is C16H16N2O.